The fraction of sp³-hybridized carbons (Fsp3) is 0.433. The lowest BCUT2D eigenvalue weighted by molar-refractivity contribution is 0.742. The normalized spacial score (nSPS) is 16.2. The van der Waals surface area contributed by atoms with Crippen molar-refractivity contribution in [2.24, 2.45) is 0 Å². The highest BCUT2D eigenvalue weighted by Gasteiger charge is 2.22. The molecule has 0 atom stereocenters. The van der Waals surface area contributed by atoms with Crippen LogP contribution < -0.4 is 10.6 Å². The molecular formula is C30H38N6. The Morgan fingerprint density at radius 3 is 2.25 bits per heavy atom. The Labute approximate surface area is 214 Å². The molecule has 2 aliphatic carbocycles. The number of hydrogen-bond acceptors (Lipinski definition) is 5. The molecule has 36 heavy (non-hydrogen) atoms. The van der Waals surface area contributed by atoms with Crippen molar-refractivity contribution in [3.05, 3.63) is 60.3 Å². The summed E-state index contributed by atoms with van der Waals surface area (Å²) >= 11 is 0. The Morgan fingerprint density at radius 2 is 1.53 bits per heavy atom. The topological polar surface area (TPSA) is 67.1 Å². The summed E-state index contributed by atoms with van der Waals surface area (Å²) in [5, 5.41) is 12.5. The number of aromatic nitrogens is 4. The van der Waals surface area contributed by atoms with Crippen molar-refractivity contribution in [3.63, 3.8) is 0 Å². The molecule has 2 fully saturated rings. The van der Waals surface area contributed by atoms with Gasteiger partial charge in [-0.05, 0) is 56.9 Å². The van der Waals surface area contributed by atoms with Crippen LogP contribution >= 0.6 is 0 Å². The Bertz CT molecular complexity index is 1300. The molecule has 0 radical (unpaired) electrons. The first-order valence-corrected chi connectivity index (χ1v) is 13.7. The molecule has 6 heteroatoms. The van der Waals surface area contributed by atoms with Crippen LogP contribution in [0.1, 0.15) is 70.8 Å². The maximum atomic E-state index is 5.15. The molecule has 0 amide bonds. The highest BCUT2D eigenvalue weighted by atomic mass is 15.3. The van der Waals surface area contributed by atoms with Crippen molar-refractivity contribution in [2.75, 3.05) is 10.6 Å². The summed E-state index contributed by atoms with van der Waals surface area (Å²) in [6.07, 6.45) is 11.8. The number of rotatable bonds is 6. The predicted molar refractivity (Wildman–Crippen MR) is 149 cm³/mol. The van der Waals surface area contributed by atoms with Crippen LogP contribution in [-0.4, -0.2) is 31.7 Å². The molecule has 0 unspecified atom stereocenters. The smallest absolute Gasteiger partial charge is 0.223 e. The largest absolute Gasteiger partial charge is 0.367 e. The third kappa shape index (κ3) is 5.08. The summed E-state index contributed by atoms with van der Waals surface area (Å²) in [4.78, 5) is 9.51. The van der Waals surface area contributed by atoms with Crippen LogP contribution in [0, 0.1) is 6.92 Å². The molecule has 0 aliphatic heterocycles. The molecule has 2 saturated carbocycles. The van der Waals surface area contributed by atoms with Crippen LogP contribution in [0.3, 0.4) is 0 Å². The van der Waals surface area contributed by atoms with Gasteiger partial charge in [-0.2, -0.15) is 5.10 Å². The van der Waals surface area contributed by atoms with E-state index in [9.17, 15) is 0 Å². The van der Waals surface area contributed by atoms with E-state index in [1.807, 2.05) is 26.1 Å². The summed E-state index contributed by atoms with van der Waals surface area (Å²) in [5.74, 6) is 1.75. The molecular weight excluding hydrogens is 444 g/mol. The minimum absolute atomic E-state index is 0.470. The molecule has 3 heterocycles. The summed E-state index contributed by atoms with van der Waals surface area (Å²) in [7, 11) is 0. The van der Waals surface area contributed by atoms with Gasteiger partial charge in [0.15, 0.2) is 0 Å². The Morgan fingerprint density at radius 1 is 0.833 bits per heavy atom. The minimum Gasteiger partial charge on any atom is -0.367 e. The van der Waals surface area contributed by atoms with Gasteiger partial charge in [-0.1, -0.05) is 69.4 Å². The second kappa shape index (κ2) is 11.1. The van der Waals surface area contributed by atoms with Gasteiger partial charge in [-0.25, -0.2) is 14.5 Å². The Hall–Kier alpha value is -3.41. The number of nitrogens with zero attached hydrogens (tertiary/aromatic N) is 4. The van der Waals surface area contributed by atoms with Crippen molar-refractivity contribution >= 4 is 17.3 Å². The lowest BCUT2D eigenvalue weighted by Gasteiger charge is -2.14. The van der Waals surface area contributed by atoms with E-state index in [1.54, 1.807) is 0 Å². The average Bonchev–Trinajstić information content (AvgIpc) is 3.67. The SMILES string of the molecule is CC.Cc1cccc(-c2nn3c(NC4CCCC4)cccc3c2-c2ccnc(NC3CCCC3)n2)c1. The molecule has 0 spiro atoms. The van der Waals surface area contributed by atoms with Gasteiger partial charge in [-0.15, -0.1) is 0 Å². The first kappa shape index (κ1) is 24.3. The standard InChI is InChI=1S/C28H32N6.C2H6/c1-19-8-6-9-20(18-19)27-26(23-16-17-29-28(32-23)31-22-12-4-5-13-22)24-14-7-15-25(34(24)33-27)30-21-10-2-3-11-21;1-2/h6-9,14-18,21-22,30H,2-5,10-13H2,1H3,(H,29,31,32);1-2H3. The molecule has 6 nitrogen and oxygen atoms in total. The van der Waals surface area contributed by atoms with E-state index in [4.69, 9.17) is 10.1 Å². The number of fused-ring (bicyclic) bond motifs is 1. The maximum absolute atomic E-state index is 5.15. The molecule has 3 aromatic heterocycles. The summed E-state index contributed by atoms with van der Waals surface area (Å²) in [6.45, 7) is 6.13. The average molecular weight is 483 g/mol. The molecule has 1 aromatic carbocycles. The van der Waals surface area contributed by atoms with E-state index in [2.05, 4.69) is 69.5 Å². The van der Waals surface area contributed by atoms with Crippen molar-refractivity contribution < 1.29 is 0 Å². The van der Waals surface area contributed by atoms with Gasteiger partial charge in [0.2, 0.25) is 5.95 Å². The summed E-state index contributed by atoms with van der Waals surface area (Å²) < 4.78 is 2.07. The number of aryl methyl sites for hydroxylation is 1. The molecule has 0 bridgehead atoms. The molecule has 4 aromatic rings. The van der Waals surface area contributed by atoms with E-state index in [0.717, 1.165) is 33.8 Å². The third-order valence-corrected chi connectivity index (χ3v) is 7.26. The van der Waals surface area contributed by atoms with Gasteiger partial charge in [0.05, 0.1) is 16.8 Å². The zero-order valence-corrected chi connectivity index (χ0v) is 21.8. The second-order valence-corrected chi connectivity index (χ2v) is 9.82. The second-order valence-electron chi connectivity index (χ2n) is 9.82. The van der Waals surface area contributed by atoms with Crippen LogP contribution in [0.15, 0.2) is 54.7 Å². The van der Waals surface area contributed by atoms with Gasteiger partial charge in [0.1, 0.15) is 11.5 Å². The number of anilines is 2. The summed E-state index contributed by atoms with van der Waals surface area (Å²) in [5.41, 5.74) is 6.29. The Kier molecular flexibility index (Phi) is 7.49. The summed E-state index contributed by atoms with van der Waals surface area (Å²) in [6, 6.07) is 18.0. The van der Waals surface area contributed by atoms with Crippen LogP contribution in [0.4, 0.5) is 11.8 Å². The fourth-order valence-electron chi connectivity index (χ4n) is 5.53. The van der Waals surface area contributed by atoms with Gasteiger partial charge >= 0.3 is 0 Å². The molecule has 2 aliphatic rings. The first-order valence-electron chi connectivity index (χ1n) is 13.7. The van der Waals surface area contributed by atoms with Crippen molar-refractivity contribution in [1.82, 2.24) is 19.6 Å². The van der Waals surface area contributed by atoms with Gasteiger partial charge < -0.3 is 10.6 Å². The van der Waals surface area contributed by atoms with Crippen LogP contribution in [-0.2, 0) is 0 Å². The van der Waals surface area contributed by atoms with Crippen molar-refractivity contribution in [2.45, 2.75) is 84.2 Å². The highest BCUT2D eigenvalue weighted by Crippen LogP contribution is 2.36. The van der Waals surface area contributed by atoms with E-state index >= 15 is 0 Å². The number of pyridine rings is 1. The zero-order valence-electron chi connectivity index (χ0n) is 21.8. The van der Waals surface area contributed by atoms with E-state index < -0.39 is 0 Å². The molecule has 6 rings (SSSR count). The van der Waals surface area contributed by atoms with Gasteiger partial charge in [0, 0.05) is 23.8 Å². The molecule has 188 valence electrons. The highest BCUT2D eigenvalue weighted by molar-refractivity contribution is 5.91. The van der Waals surface area contributed by atoms with Crippen LogP contribution in [0.25, 0.3) is 28.0 Å². The maximum Gasteiger partial charge on any atom is 0.223 e. The number of hydrogen-bond donors (Lipinski definition) is 2. The van der Waals surface area contributed by atoms with Crippen LogP contribution in [0.2, 0.25) is 0 Å². The third-order valence-electron chi connectivity index (χ3n) is 7.26. The van der Waals surface area contributed by atoms with Gasteiger partial charge in [-0.3, -0.25) is 0 Å². The molecule has 2 N–H and O–H groups in total. The van der Waals surface area contributed by atoms with E-state index in [0.29, 0.717) is 18.0 Å². The lowest BCUT2D eigenvalue weighted by atomic mass is 10.0. The zero-order chi connectivity index (χ0) is 24.9. The number of benzene rings is 1. The number of nitrogens with one attached hydrogen (secondary N) is 2. The van der Waals surface area contributed by atoms with Crippen molar-refractivity contribution in [1.29, 1.82) is 0 Å². The van der Waals surface area contributed by atoms with Crippen LogP contribution in [0.5, 0.6) is 0 Å². The lowest BCUT2D eigenvalue weighted by Crippen LogP contribution is -2.17. The quantitative estimate of drug-likeness (QED) is 0.298. The van der Waals surface area contributed by atoms with E-state index in [-0.39, 0.29) is 0 Å². The monoisotopic (exact) mass is 482 g/mol. The molecule has 0 saturated heterocycles. The Balaban J connectivity index is 0.00000130. The van der Waals surface area contributed by atoms with Gasteiger partial charge in [0.25, 0.3) is 0 Å². The minimum atomic E-state index is 0.470. The predicted octanol–water partition coefficient (Wildman–Crippen LogP) is 7.50. The first-order chi connectivity index (χ1) is 17.7. The fourth-order valence-corrected chi connectivity index (χ4v) is 5.53. The van der Waals surface area contributed by atoms with Crippen molar-refractivity contribution in [3.8, 4) is 22.5 Å². The van der Waals surface area contributed by atoms with E-state index in [1.165, 1.54) is 56.9 Å².